The highest BCUT2D eigenvalue weighted by Gasteiger charge is 2.53. The molecule has 1 saturated heterocycles. The second-order valence-corrected chi connectivity index (χ2v) is 20.6. The van der Waals surface area contributed by atoms with Crippen LogP contribution in [-0.4, -0.2) is 62.4 Å². The molecule has 2 aromatic carbocycles. The van der Waals surface area contributed by atoms with E-state index in [0.717, 1.165) is 56.9 Å². The predicted octanol–water partition coefficient (Wildman–Crippen LogP) is 13.1. The minimum atomic E-state index is -4.57. The molecule has 1 fully saturated rings. The van der Waals surface area contributed by atoms with Crippen LogP contribution >= 0.6 is 7.75 Å². The Kier molecular flexibility index (Phi) is 25.4. The Morgan fingerprint density at radius 3 is 1.96 bits per heavy atom. The molecule has 0 aliphatic carbocycles. The second kappa shape index (κ2) is 31.6. The molecule has 2 unspecified atom stereocenters. The number of carbonyl (C=O) groups excluding carboxylic acids is 2. The van der Waals surface area contributed by atoms with Crippen LogP contribution in [0.4, 0.5) is 10.2 Å². The number of hydrogen-bond acceptors (Lipinski definition) is 12. The number of nitrogens with zero attached hydrogens (tertiary/aromatic N) is 4. The first-order valence-corrected chi connectivity index (χ1v) is 28.1. The topological polar surface area (TPSA) is 179 Å². The number of esters is 2. The van der Waals surface area contributed by atoms with Crippen molar-refractivity contribution >= 4 is 36.7 Å². The van der Waals surface area contributed by atoms with Gasteiger partial charge in [-0.3, -0.25) is 18.7 Å². The quantitative estimate of drug-likeness (QED) is 0.0143. The monoisotopic (exact) mass is 1000 g/mol. The van der Waals surface area contributed by atoms with Crippen molar-refractivity contribution in [1.29, 1.82) is 0 Å². The average Bonchev–Trinajstić information content (AvgIpc) is 3.96. The van der Waals surface area contributed by atoms with Crippen LogP contribution in [0.2, 0.25) is 0 Å². The van der Waals surface area contributed by atoms with E-state index in [9.17, 15) is 14.0 Å². The molecule has 14 nitrogen and oxygen atoms in total. The number of nitrogens with two attached hydrogens (primary N) is 1. The molecule has 1 aliphatic heterocycles. The van der Waals surface area contributed by atoms with Crippen molar-refractivity contribution in [2.45, 2.75) is 205 Å². The Balaban J connectivity index is 1.25. The summed E-state index contributed by atoms with van der Waals surface area (Å²) in [5.74, 6) is 1.51. The molecule has 1 aliphatic rings. The number of aromatic nitrogens is 4. The number of halogens is 1. The van der Waals surface area contributed by atoms with Gasteiger partial charge in [0.1, 0.15) is 30.7 Å². The number of unbranched alkanes of at least 4 members (excludes halogenated alkanes) is 21. The van der Waals surface area contributed by atoms with Gasteiger partial charge >= 0.3 is 25.8 Å². The van der Waals surface area contributed by atoms with Gasteiger partial charge in [0.25, 0.3) is 0 Å². The van der Waals surface area contributed by atoms with Gasteiger partial charge in [0, 0.05) is 12.8 Å². The summed E-state index contributed by atoms with van der Waals surface area (Å²) in [6.07, 6.45) is 31.3. The lowest BCUT2D eigenvalue weighted by Crippen LogP contribution is -2.46. The van der Waals surface area contributed by atoms with Crippen molar-refractivity contribution in [3.05, 3.63) is 78.6 Å². The lowest BCUT2D eigenvalue weighted by Gasteiger charge is -2.31. The fourth-order valence-electron chi connectivity index (χ4n) is 8.95. The van der Waals surface area contributed by atoms with Gasteiger partial charge in [-0.2, -0.15) is 19.4 Å². The summed E-state index contributed by atoms with van der Waals surface area (Å²) in [7, 11) is -4.57. The molecule has 3 heterocycles. The van der Waals surface area contributed by atoms with E-state index in [1.165, 1.54) is 94.4 Å². The SMILES string of the molecule is C#C[C@]1(COP(=O)(NC(Cc2ccccc2)C(=O)OCCCCCCCCCCCCCCCCCC)Oc2ccccc2)O[C@@H](n2cnc3c(N)nc(F)nc32)C[C@@H]1OC(=O)CCCCCCCCC. The molecule has 390 valence electrons. The van der Waals surface area contributed by atoms with Crippen molar-refractivity contribution in [3.63, 3.8) is 0 Å². The van der Waals surface area contributed by atoms with Gasteiger partial charge in [0.05, 0.1) is 12.9 Å². The molecule has 0 spiro atoms. The number of fused-ring (bicyclic) bond motifs is 1. The number of hydrogen-bond donors (Lipinski definition) is 2. The molecule has 71 heavy (non-hydrogen) atoms. The summed E-state index contributed by atoms with van der Waals surface area (Å²) in [4.78, 5) is 39.3. The van der Waals surface area contributed by atoms with Crippen LogP contribution in [0.25, 0.3) is 11.2 Å². The Labute approximate surface area is 422 Å². The smallest absolute Gasteiger partial charge is 0.459 e. The minimum absolute atomic E-state index is 0.0310. The maximum atomic E-state index is 15.2. The van der Waals surface area contributed by atoms with E-state index in [2.05, 4.69) is 39.8 Å². The van der Waals surface area contributed by atoms with E-state index < -0.39 is 56.3 Å². The number of rotatable bonds is 37. The molecular formula is C55H80FN6O8P. The molecule has 4 aromatic rings. The second-order valence-electron chi connectivity index (χ2n) is 18.9. The summed E-state index contributed by atoms with van der Waals surface area (Å²) in [6, 6.07) is 16.5. The molecule has 5 rings (SSSR count). The summed E-state index contributed by atoms with van der Waals surface area (Å²) in [5, 5.41) is 2.90. The Hall–Kier alpha value is -4.87. The summed E-state index contributed by atoms with van der Waals surface area (Å²) in [6.45, 7) is 3.99. The maximum absolute atomic E-state index is 15.2. The van der Waals surface area contributed by atoms with Crippen LogP contribution < -0.4 is 15.3 Å². The molecule has 2 aromatic heterocycles. The number of anilines is 1. The highest BCUT2D eigenvalue weighted by molar-refractivity contribution is 7.52. The van der Waals surface area contributed by atoms with E-state index in [1.807, 2.05) is 30.3 Å². The van der Waals surface area contributed by atoms with Gasteiger partial charge in [-0.05, 0) is 37.0 Å². The third-order valence-corrected chi connectivity index (χ3v) is 14.6. The van der Waals surface area contributed by atoms with E-state index in [1.54, 1.807) is 30.3 Å². The van der Waals surface area contributed by atoms with E-state index in [-0.39, 0.29) is 48.6 Å². The van der Waals surface area contributed by atoms with Crippen molar-refractivity contribution in [2.75, 3.05) is 18.9 Å². The number of imidazole rings is 1. The number of para-hydroxylation sites is 1. The maximum Gasteiger partial charge on any atom is 0.459 e. The molecule has 5 atom stereocenters. The van der Waals surface area contributed by atoms with Gasteiger partial charge < -0.3 is 24.5 Å². The van der Waals surface area contributed by atoms with E-state index >= 15 is 4.57 Å². The normalized spacial score (nSPS) is 17.9. The largest absolute Gasteiger partial charge is 0.465 e. The minimum Gasteiger partial charge on any atom is -0.465 e. The van der Waals surface area contributed by atoms with Crippen LogP contribution in [0.1, 0.15) is 186 Å². The highest BCUT2D eigenvalue weighted by atomic mass is 31.2. The van der Waals surface area contributed by atoms with Crippen LogP contribution in [0.3, 0.4) is 0 Å². The fourth-order valence-corrected chi connectivity index (χ4v) is 10.5. The van der Waals surface area contributed by atoms with Crippen LogP contribution in [0.15, 0.2) is 67.0 Å². The van der Waals surface area contributed by atoms with Gasteiger partial charge in [-0.15, -0.1) is 6.42 Å². The third-order valence-electron chi connectivity index (χ3n) is 13.1. The van der Waals surface area contributed by atoms with Crippen molar-refractivity contribution in [1.82, 2.24) is 24.6 Å². The zero-order valence-electron chi connectivity index (χ0n) is 42.4. The highest BCUT2D eigenvalue weighted by Crippen LogP contribution is 2.49. The van der Waals surface area contributed by atoms with E-state index in [0.29, 0.717) is 12.8 Å². The van der Waals surface area contributed by atoms with Gasteiger partial charge in [0.2, 0.25) is 0 Å². The first-order chi connectivity index (χ1) is 34.6. The standard InChI is InChI=1S/C55H80FN6O8P/c1-4-7-9-11-13-14-15-16-17-18-19-20-21-23-25-33-39-66-53(64)46(40-44-34-28-26-29-35-44)61-71(65,70-45-36-30-27-31-37-45)67-42-55(6-3)47(68-49(63)38-32-24-22-12-10-8-5-2)41-48(69-55)62-43-58-50-51(57)59-54(56)60-52(50)62/h3,26-31,34-37,43,46-48H,4-5,7-25,32-33,38-42H2,1-2H3,(H,61,65)(H2,57,59,60)/t46?,47-,48+,55+,71?/m0/s1. The van der Waals surface area contributed by atoms with Gasteiger partial charge in [-0.1, -0.05) is 203 Å². The molecule has 16 heteroatoms. The number of terminal acetylenes is 1. The number of benzene rings is 2. The van der Waals surface area contributed by atoms with Crippen LogP contribution in [-0.2, 0) is 39.3 Å². The zero-order valence-corrected chi connectivity index (χ0v) is 43.3. The Morgan fingerprint density at radius 2 is 1.38 bits per heavy atom. The van der Waals surface area contributed by atoms with Gasteiger partial charge in [0.15, 0.2) is 22.6 Å². The number of nitrogens with one attached hydrogen (secondary N) is 1. The molecule has 0 radical (unpaired) electrons. The Bertz CT molecular complexity index is 2250. The van der Waals surface area contributed by atoms with Crippen LogP contribution in [0.5, 0.6) is 5.75 Å². The summed E-state index contributed by atoms with van der Waals surface area (Å²) >= 11 is 0. The third kappa shape index (κ3) is 19.6. The molecular weight excluding hydrogens is 923 g/mol. The van der Waals surface area contributed by atoms with Crippen LogP contribution in [0, 0.1) is 18.4 Å². The number of nitrogen functional groups attached to an aromatic ring is 1. The van der Waals surface area contributed by atoms with Crippen molar-refractivity contribution in [3.8, 4) is 18.1 Å². The molecule has 0 amide bonds. The molecule has 3 N–H and O–H groups in total. The zero-order chi connectivity index (χ0) is 50.6. The predicted molar refractivity (Wildman–Crippen MR) is 277 cm³/mol. The Morgan fingerprint density at radius 1 is 0.831 bits per heavy atom. The average molecular weight is 1000 g/mol. The van der Waals surface area contributed by atoms with Crippen molar-refractivity contribution < 1.29 is 41.8 Å². The lowest BCUT2D eigenvalue weighted by molar-refractivity contribution is -0.158. The van der Waals surface area contributed by atoms with Crippen molar-refractivity contribution in [2.24, 2.45) is 0 Å². The van der Waals surface area contributed by atoms with Gasteiger partial charge in [-0.25, -0.2) is 9.55 Å². The molecule has 0 bridgehead atoms. The first-order valence-electron chi connectivity index (χ1n) is 26.6. The summed E-state index contributed by atoms with van der Waals surface area (Å²) in [5.41, 5.74) is 5.05. The fraction of sp³-hybridized carbons (Fsp3) is 0.618. The molecule has 0 saturated carbocycles. The number of carbonyl (C=O) groups is 2. The number of ether oxygens (including phenoxy) is 3. The first kappa shape index (κ1) is 57.0. The lowest BCUT2D eigenvalue weighted by atomic mass is 9.98. The van der Waals surface area contributed by atoms with E-state index in [4.69, 9.17) is 35.4 Å². The summed E-state index contributed by atoms with van der Waals surface area (Å²) < 4.78 is 61.9.